The van der Waals surface area contributed by atoms with Gasteiger partial charge in [0.1, 0.15) is 0 Å². The molecule has 0 saturated carbocycles. The van der Waals surface area contributed by atoms with E-state index in [2.05, 4.69) is 5.32 Å². The van der Waals surface area contributed by atoms with Gasteiger partial charge in [-0.25, -0.2) is 0 Å². The maximum Gasteiger partial charge on any atom is 0.308 e. The van der Waals surface area contributed by atoms with Gasteiger partial charge in [-0.3, -0.25) is 14.4 Å². The van der Waals surface area contributed by atoms with Crippen molar-refractivity contribution in [3.8, 4) is 0 Å². The van der Waals surface area contributed by atoms with Crippen molar-refractivity contribution in [1.82, 2.24) is 5.32 Å². The molecule has 0 aromatic heterocycles. The maximum atomic E-state index is 11.1. The number of hydrogen-bond donors (Lipinski definition) is 3. The molecule has 84 valence electrons. The molecule has 2 atom stereocenters. The third-order valence-electron chi connectivity index (χ3n) is 2.85. The molecule has 1 fully saturated rings. The molecule has 2 unspecified atom stereocenters. The first-order valence-electron chi connectivity index (χ1n) is 4.63. The second-order valence-electron chi connectivity index (χ2n) is 3.83. The van der Waals surface area contributed by atoms with Crippen LogP contribution in [0.15, 0.2) is 0 Å². The maximum absolute atomic E-state index is 11.1. The van der Waals surface area contributed by atoms with Gasteiger partial charge in [-0.2, -0.15) is 0 Å². The molecule has 1 rings (SSSR count). The molecule has 15 heavy (non-hydrogen) atoms. The van der Waals surface area contributed by atoms with E-state index in [-0.39, 0.29) is 25.2 Å². The summed E-state index contributed by atoms with van der Waals surface area (Å²) in [4.78, 5) is 32.6. The Morgan fingerprint density at radius 1 is 1.53 bits per heavy atom. The van der Waals surface area contributed by atoms with Crippen LogP contribution in [0.1, 0.15) is 26.2 Å². The fourth-order valence-electron chi connectivity index (χ4n) is 1.86. The van der Waals surface area contributed by atoms with Crippen LogP contribution in [0, 0.1) is 5.92 Å². The lowest BCUT2D eigenvalue weighted by Gasteiger charge is -2.31. The number of hydrogen-bond acceptors (Lipinski definition) is 3. The molecule has 1 amide bonds. The number of carboxylic acids is 2. The second kappa shape index (κ2) is 3.88. The molecule has 1 heterocycles. The van der Waals surface area contributed by atoms with Crippen molar-refractivity contribution in [3.05, 3.63) is 0 Å². The zero-order valence-corrected chi connectivity index (χ0v) is 8.32. The normalized spacial score (nSPS) is 27.1. The molecule has 0 aromatic rings. The molecule has 6 nitrogen and oxygen atoms in total. The van der Waals surface area contributed by atoms with Crippen LogP contribution in [-0.2, 0) is 14.4 Å². The molecular weight excluding hydrogens is 202 g/mol. The van der Waals surface area contributed by atoms with Crippen molar-refractivity contribution in [2.45, 2.75) is 31.7 Å². The van der Waals surface area contributed by atoms with Crippen LogP contribution in [0.2, 0.25) is 0 Å². The molecular formula is C9H13NO5. The van der Waals surface area contributed by atoms with Crippen LogP contribution < -0.4 is 5.32 Å². The number of nitrogens with one attached hydrogen (secondary N) is 1. The van der Waals surface area contributed by atoms with Crippen LogP contribution in [0.4, 0.5) is 0 Å². The smallest absolute Gasteiger partial charge is 0.308 e. The highest BCUT2D eigenvalue weighted by molar-refractivity contribution is 5.84. The highest BCUT2D eigenvalue weighted by Gasteiger charge is 2.46. The summed E-state index contributed by atoms with van der Waals surface area (Å²) in [6.07, 6.45) is 0.0860. The monoisotopic (exact) mass is 215 g/mol. The molecule has 0 aliphatic carbocycles. The van der Waals surface area contributed by atoms with E-state index in [4.69, 9.17) is 10.2 Å². The van der Waals surface area contributed by atoms with E-state index in [0.717, 1.165) is 0 Å². The van der Waals surface area contributed by atoms with Crippen molar-refractivity contribution >= 4 is 17.8 Å². The van der Waals surface area contributed by atoms with Gasteiger partial charge in [0.2, 0.25) is 5.91 Å². The van der Waals surface area contributed by atoms with E-state index < -0.39 is 23.4 Å². The molecule has 6 heteroatoms. The quantitative estimate of drug-likeness (QED) is 0.604. The lowest BCUT2D eigenvalue weighted by Crippen LogP contribution is -2.51. The fraction of sp³-hybridized carbons (Fsp3) is 0.667. The molecule has 0 aromatic carbocycles. The van der Waals surface area contributed by atoms with Gasteiger partial charge in [-0.1, -0.05) is 0 Å². The van der Waals surface area contributed by atoms with E-state index in [1.165, 1.54) is 6.92 Å². The van der Waals surface area contributed by atoms with Crippen molar-refractivity contribution in [1.29, 1.82) is 0 Å². The molecule has 1 saturated heterocycles. The first kappa shape index (κ1) is 11.5. The van der Waals surface area contributed by atoms with Gasteiger partial charge >= 0.3 is 11.9 Å². The third kappa shape index (κ3) is 2.26. The van der Waals surface area contributed by atoms with Gasteiger partial charge in [0.15, 0.2) is 0 Å². The highest BCUT2D eigenvalue weighted by atomic mass is 16.4. The second-order valence-corrected chi connectivity index (χ2v) is 3.83. The summed E-state index contributed by atoms with van der Waals surface area (Å²) >= 11 is 0. The lowest BCUT2D eigenvalue weighted by atomic mass is 9.81. The lowest BCUT2D eigenvalue weighted by molar-refractivity contribution is -0.146. The Balaban J connectivity index is 2.91. The number of rotatable bonds is 4. The average molecular weight is 215 g/mol. The molecule has 0 spiro atoms. The van der Waals surface area contributed by atoms with Gasteiger partial charge in [-0.05, 0) is 13.3 Å². The highest BCUT2D eigenvalue weighted by Crippen LogP contribution is 2.31. The largest absolute Gasteiger partial charge is 0.481 e. The van der Waals surface area contributed by atoms with E-state index in [1.54, 1.807) is 0 Å². The standard InChI is InChI=1S/C9H13NO5/c1-5(8(14)15)9(4-7(12)13)3-2-6(11)10-9/h5H,2-4H2,1H3,(H,10,11)(H,12,13)(H,14,15). The Morgan fingerprint density at radius 2 is 2.13 bits per heavy atom. The minimum Gasteiger partial charge on any atom is -0.481 e. The Kier molecular flexibility index (Phi) is 2.97. The molecule has 3 N–H and O–H groups in total. The van der Waals surface area contributed by atoms with Crippen molar-refractivity contribution < 1.29 is 24.6 Å². The van der Waals surface area contributed by atoms with E-state index >= 15 is 0 Å². The molecule has 1 aliphatic heterocycles. The Hall–Kier alpha value is -1.59. The summed E-state index contributed by atoms with van der Waals surface area (Å²) in [5.41, 5.74) is -1.13. The number of aliphatic carboxylic acids is 2. The summed E-state index contributed by atoms with van der Waals surface area (Å²) in [5.74, 6) is -3.40. The summed E-state index contributed by atoms with van der Waals surface area (Å²) in [5, 5.41) is 20.1. The topological polar surface area (TPSA) is 104 Å². The van der Waals surface area contributed by atoms with Crippen LogP contribution >= 0.6 is 0 Å². The van der Waals surface area contributed by atoms with Crippen molar-refractivity contribution in [2.75, 3.05) is 0 Å². The number of carboxylic acid groups (broad SMARTS) is 2. The van der Waals surface area contributed by atoms with E-state index in [0.29, 0.717) is 0 Å². The first-order valence-corrected chi connectivity index (χ1v) is 4.63. The van der Waals surface area contributed by atoms with E-state index in [1.807, 2.05) is 0 Å². The van der Waals surface area contributed by atoms with Crippen LogP contribution in [0.3, 0.4) is 0 Å². The van der Waals surface area contributed by atoms with Gasteiger partial charge in [0.05, 0.1) is 17.9 Å². The Labute approximate surface area is 86.3 Å². The first-order chi connectivity index (χ1) is 6.87. The predicted molar refractivity (Wildman–Crippen MR) is 49.2 cm³/mol. The zero-order valence-electron chi connectivity index (χ0n) is 8.32. The molecule has 0 radical (unpaired) electrons. The van der Waals surface area contributed by atoms with Gasteiger partial charge in [-0.15, -0.1) is 0 Å². The zero-order chi connectivity index (χ0) is 11.6. The Bertz CT molecular complexity index is 314. The van der Waals surface area contributed by atoms with Crippen molar-refractivity contribution in [2.24, 2.45) is 5.92 Å². The van der Waals surface area contributed by atoms with E-state index in [9.17, 15) is 14.4 Å². The number of amides is 1. The number of carbonyl (C=O) groups excluding carboxylic acids is 1. The summed E-state index contributed by atoms with van der Waals surface area (Å²) in [6, 6.07) is 0. The van der Waals surface area contributed by atoms with Crippen LogP contribution in [-0.4, -0.2) is 33.6 Å². The predicted octanol–water partition coefficient (Wildman–Crippen LogP) is -0.169. The third-order valence-corrected chi connectivity index (χ3v) is 2.85. The van der Waals surface area contributed by atoms with Crippen LogP contribution in [0.5, 0.6) is 0 Å². The van der Waals surface area contributed by atoms with Crippen LogP contribution in [0.25, 0.3) is 0 Å². The average Bonchev–Trinajstić information content (AvgIpc) is 2.46. The van der Waals surface area contributed by atoms with Gasteiger partial charge < -0.3 is 15.5 Å². The SMILES string of the molecule is CC(C(=O)O)C1(CC(=O)O)CCC(=O)N1. The minimum atomic E-state index is -1.13. The summed E-state index contributed by atoms with van der Waals surface area (Å²) in [7, 11) is 0. The molecule has 1 aliphatic rings. The van der Waals surface area contributed by atoms with Gasteiger partial charge in [0, 0.05) is 6.42 Å². The Morgan fingerprint density at radius 3 is 2.47 bits per heavy atom. The summed E-state index contributed by atoms with van der Waals surface area (Å²) in [6.45, 7) is 1.41. The fourth-order valence-corrected chi connectivity index (χ4v) is 1.86. The van der Waals surface area contributed by atoms with Crippen molar-refractivity contribution in [3.63, 3.8) is 0 Å². The summed E-state index contributed by atoms with van der Waals surface area (Å²) < 4.78 is 0. The minimum absolute atomic E-state index is 0.185. The number of carbonyl (C=O) groups is 3. The molecule has 0 bridgehead atoms. The van der Waals surface area contributed by atoms with Gasteiger partial charge in [0.25, 0.3) is 0 Å².